The topological polar surface area (TPSA) is 40.6 Å². The molecule has 1 fully saturated rings. The van der Waals surface area contributed by atoms with Crippen molar-refractivity contribution in [1.29, 1.82) is 0 Å². The van der Waals surface area contributed by atoms with Crippen LogP contribution in [-0.2, 0) is 16.0 Å². The smallest absolute Gasteiger partial charge is 0.232 e. The lowest BCUT2D eigenvalue weighted by Gasteiger charge is -2.26. The molecule has 4 nitrogen and oxygen atoms in total. The Balaban J connectivity index is 1.58. The van der Waals surface area contributed by atoms with E-state index in [1.54, 1.807) is 4.90 Å². The molecule has 0 N–H and O–H groups in total. The van der Waals surface area contributed by atoms with E-state index in [1.807, 2.05) is 49.1 Å². The zero-order chi connectivity index (χ0) is 18.4. The summed E-state index contributed by atoms with van der Waals surface area (Å²) >= 11 is 0. The van der Waals surface area contributed by atoms with Gasteiger partial charge in [-0.1, -0.05) is 24.3 Å². The molecule has 4 rings (SSSR count). The molecule has 2 unspecified atom stereocenters. The number of rotatable bonds is 2. The number of aryl methyl sites for hydroxylation is 2. The Morgan fingerprint density at radius 1 is 1.04 bits per heavy atom. The number of carbonyl (C=O) groups excluding carboxylic acids is 2. The lowest BCUT2D eigenvalue weighted by molar-refractivity contribution is -0.124. The van der Waals surface area contributed by atoms with Crippen molar-refractivity contribution < 1.29 is 9.59 Å². The van der Waals surface area contributed by atoms with Gasteiger partial charge >= 0.3 is 0 Å². The maximum absolute atomic E-state index is 13.2. The first-order valence-electron chi connectivity index (χ1n) is 9.23. The van der Waals surface area contributed by atoms with Crippen LogP contribution in [0.25, 0.3) is 0 Å². The Kier molecular flexibility index (Phi) is 4.06. The Morgan fingerprint density at radius 2 is 1.73 bits per heavy atom. The van der Waals surface area contributed by atoms with E-state index in [0.29, 0.717) is 6.54 Å². The molecule has 2 aliphatic heterocycles. The fourth-order valence-corrected chi connectivity index (χ4v) is 4.33. The molecular formula is C22H24N2O2. The molecule has 4 heteroatoms. The van der Waals surface area contributed by atoms with Crippen LogP contribution in [0.2, 0.25) is 0 Å². The van der Waals surface area contributed by atoms with Gasteiger partial charge in [0.1, 0.15) is 0 Å². The van der Waals surface area contributed by atoms with E-state index in [4.69, 9.17) is 0 Å². The Labute approximate surface area is 154 Å². The molecule has 2 atom stereocenters. The van der Waals surface area contributed by atoms with Gasteiger partial charge in [-0.25, -0.2) is 0 Å². The van der Waals surface area contributed by atoms with E-state index in [9.17, 15) is 9.59 Å². The van der Waals surface area contributed by atoms with Crippen LogP contribution in [0.5, 0.6) is 0 Å². The maximum Gasteiger partial charge on any atom is 0.232 e. The van der Waals surface area contributed by atoms with E-state index in [-0.39, 0.29) is 30.2 Å². The summed E-state index contributed by atoms with van der Waals surface area (Å²) in [5.41, 5.74) is 5.37. The van der Waals surface area contributed by atoms with E-state index in [1.165, 1.54) is 5.56 Å². The zero-order valence-electron chi connectivity index (χ0n) is 15.5. The molecule has 1 saturated heterocycles. The summed E-state index contributed by atoms with van der Waals surface area (Å²) in [6.07, 6.45) is 1.17. The number of para-hydroxylation sites is 1. The Hall–Kier alpha value is -2.62. The SMILES string of the molecule is Cc1cc(C)cc(N2CC(C(=O)N3c4ccccc4CC3C)CC2=O)c1. The van der Waals surface area contributed by atoms with Crippen molar-refractivity contribution in [3.05, 3.63) is 59.2 Å². The molecule has 26 heavy (non-hydrogen) atoms. The largest absolute Gasteiger partial charge is 0.312 e. The second-order valence-electron chi connectivity index (χ2n) is 7.64. The number of benzene rings is 2. The van der Waals surface area contributed by atoms with Gasteiger partial charge in [-0.3, -0.25) is 9.59 Å². The summed E-state index contributed by atoms with van der Waals surface area (Å²) in [6.45, 7) is 6.60. The minimum atomic E-state index is -0.281. The molecule has 2 aliphatic rings. The second-order valence-corrected chi connectivity index (χ2v) is 7.64. The number of anilines is 2. The Morgan fingerprint density at radius 3 is 2.46 bits per heavy atom. The molecule has 0 bridgehead atoms. The standard InChI is InChI=1S/C22H24N2O2/c1-14-8-15(2)10-19(9-14)23-13-18(12-21(23)25)22(26)24-16(3)11-17-6-4-5-7-20(17)24/h4-10,16,18H,11-13H2,1-3H3. The molecule has 0 spiro atoms. The molecule has 0 aromatic heterocycles. The van der Waals surface area contributed by atoms with Crippen molar-refractivity contribution in [2.45, 2.75) is 39.7 Å². The predicted octanol–water partition coefficient (Wildman–Crippen LogP) is 3.63. The normalized spacial score (nSPS) is 22.0. The fourth-order valence-electron chi connectivity index (χ4n) is 4.33. The first-order valence-corrected chi connectivity index (χ1v) is 9.23. The minimum Gasteiger partial charge on any atom is -0.312 e. The molecule has 2 heterocycles. The number of hydrogen-bond acceptors (Lipinski definition) is 2. The molecule has 134 valence electrons. The molecule has 0 saturated carbocycles. The van der Waals surface area contributed by atoms with Gasteiger partial charge in [0.05, 0.1) is 5.92 Å². The van der Waals surface area contributed by atoms with Crippen LogP contribution in [0, 0.1) is 19.8 Å². The molecule has 0 aliphatic carbocycles. The highest BCUT2D eigenvalue weighted by molar-refractivity contribution is 6.05. The van der Waals surface area contributed by atoms with Gasteiger partial charge in [-0.2, -0.15) is 0 Å². The van der Waals surface area contributed by atoms with Crippen LogP contribution in [0.1, 0.15) is 30.0 Å². The first kappa shape index (κ1) is 16.8. The lowest BCUT2D eigenvalue weighted by atomic mass is 10.1. The Bertz CT molecular complexity index is 869. The zero-order valence-corrected chi connectivity index (χ0v) is 15.5. The van der Waals surface area contributed by atoms with Crippen molar-refractivity contribution >= 4 is 23.2 Å². The number of hydrogen-bond donors (Lipinski definition) is 0. The summed E-state index contributed by atoms with van der Waals surface area (Å²) in [5, 5.41) is 0. The molecule has 2 aromatic carbocycles. The van der Waals surface area contributed by atoms with Crippen molar-refractivity contribution in [3.63, 3.8) is 0 Å². The predicted molar refractivity (Wildman–Crippen MR) is 103 cm³/mol. The molecular weight excluding hydrogens is 324 g/mol. The van der Waals surface area contributed by atoms with Crippen molar-refractivity contribution in [3.8, 4) is 0 Å². The van der Waals surface area contributed by atoms with Gasteiger partial charge in [-0.15, -0.1) is 0 Å². The summed E-state index contributed by atoms with van der Waals surface area (Å²) < 4.78 is 0. The lowest BCUT2D eigenvalue weighted by Crippen LogP contribution is -2.41. The van der Waals surface area contributed by atoms with E-state index in [2.05, 4.69) is 19.1 Å². The number of amides is 2. The van der Waals surface area contributed by atoms with Gasteiger partial charge in [0.15, 0.2) is 0 Å². The minimum absolute atomic E-state index is 0.0356. The number of carbonyl (C=O) groups is 2. The molecule has 0 radical (unpaired) electrons. The summed E-state index contributed by atoms with van der Waals surface area (Å²) in [6, 6.07) is 14.4. The van der Waals surface area contributed by atoms with Crippen LogP contribution in [-0.4, -0.2) is 24.4 Å². The van der Waals surface area contributed by atoms with Crippen LogP contribution >= 0.6 is 0 Å². The van der Waals surface area contributed by atoms with Crippen LogP contribution in [0.15, 0.2) is 42.5 Å². The molecule has 2 amide bonds. The number of fused-ring (bicyclic) bond motifs is 1. The van der Waals surface area contributed by atoms with Crippen LogP contribution in [0.4, 0.5) is 11.4 Å². The second kappa shape index (κ2) is 6.27. The third kappa shape index (κ3) is 2.79. The van der Waals surface area contributed by atoms with E-state index < -0.39 is 0 Å². The van der Waals surface area contributed by atoms with Gasteiger partial charge in [0.2, 0.25) is 11.8 Å². The van der Waals surface area contributed by atoms with Gasteiger partial charge in [0, 0.05) is 30.4 Å². The summed E-state index contributed by atoms with van der Waals surface area (Å²) in [4.78, 5) is 29.5. The highest BCUT2D eigenvalue weighted by Gasteiger charge is 2.41. The van der Waals surface area contributed by atoms with E-state index >= 15 is 0 Å². The van der Waals surface area contributed by atoms with Crippen molar-refractivity contribution in [2.75, 3.05) is 16.3 Å². The maximum atomic E-state index is 13.2. The van der Waals surface area contributed by atoms with Gasteiger partial charge in [-0.05, 0) is 62.1 Å². The quantitative estimate of drug-likeness (QED) is 0.831. The average Bonchev–Trinajstić information content (AvgIpc) is 3.12. The van der Waals surface area contributed by atoms with E-state index in [0.717, 1.165) is 28.9 Å². The van der Waals surface area contributed by atoms with Crippen LogP contribution < -0.4 is 9.80 Å². The fraction of sp³-hybridized carbons (Fsp3) is 0.364. The van der Waals surface area contributed by atoms with Gasteiger partial charge < -0.3 is 9.80 Å². The summed E-state index contributed by atoms with van der Waals surface area (Å²) in [5.74, 6) is -0.173. The van der Waals surface area contributed by atoms with Crippen molar-refractivity contribution in [2.24, 2.45) is 5.92 Å². The van der Waals surface area contributed by atoms with Crippen molar-refractivity contribution in [1.82, 2.24) is 0 Å². The highest BCUT2D eigenvalue weighted by atomic mass is 16.2. The third-order valence-corrected chi connectivity index (χ3v) is 5.44. The van der Waals surface area contributed by atoms with Crippen LogP contribution in [0.3, 0.4) is 0 Å². The molecule has 2 aromatic rings. The summed E-state index contributed by atoms with van der Waals surface area (Å²) in [7, 11) is 0. The van der Waals surface area contributed by atoms with Gasteiger partial charge in [0.25, 0.3) is 0 Å². The average molecular weight is 348 g/mol. The first-order chi connectivity index (χ1) is 12.4. The monoisotopic (exact) mass is 348 g/mol. The highest BCUT2D eigenvalue weighted by Crippen LogP contribution is 2.35. The number of nitrogens with zero attached hydrogens (tertiary/aromatic N) is 2. The third-order valence-electron chi connectivity index (χ3n) is 5.44.